The summed E-state index contributed by atoms with van der Waals surface area (Å²) in [6.45, 7) is 4.01. The van der Waals surface area contributed by atoms with E-state index in [0.29, 0.717) is 12.1 Å². The first kappa shape index (κ1) is 19.6. The number of ketones is 2. The van der Waals surface area contributed by atoms with Crippen molar-refractivity contribution in [3.8, 4) is 0 Å². The van der Waals surface area contributed by atoms with Gasteiger partial charge in [-0.15, -0.1) is 6.58 Å². The van der Waals surface area contributed by atoms with E-state index in [1.54, 1.807) is 7.11 Å². The number of benzene rings is 2. The molecule has 0 aromatic heterocycles. The fourth-order valence-electron chi connectivity index (χ4n) is 7.22. The molecule has 160 valence electrons. The van der Waals surface area contributed by atoms with Gasteiger partial charge in [0.2, 0.25) is 5.72 Å². The number of allylic oxidation sites excluding steroid dienone is 2. The molecule has 0 unspecified atom stereocenters. The molecule has 3 saturated carbocycles. The van der Waals surface area contributed by atoms with Gasteiger partial charge in [-0.25, -0.2) is 4.99 Å². The van der Waals surface area contributed by atoms with E-state index in [1.165, 1.54) is 5.56 Å². The molecule has 0 spiro atoms. The van der Waals surface area contributed by atoms with Crippen LogP contribution in [0, 0.1) is 23.2 Å². The Morgan fingerprint density at radius 2 is 1.84 bits per heavy atom. The van der Waals surface area contributed by atoms with Gasteiger partial charge in [-0.1, -0.05) is 66.7 Å². The Morgan fingerprint density at radius 3 is 2.59 bits per heavy atom. The minimum atomic E-state index is -1.33. The maximum absolute atomic E-state index is 13.9. The van der Waals surface area contributed by atoms with Crippen molar-refractivity contribution in [1.82, 2.24) is 0 Å². The zero-order chi connectivity index (χ0) is 22.1. The fourth-order valence-corrected chi connectivity index (χ4v) is 7.22. The quantitative estimate of drug-likeness (QED) is 0.529. The van der Waals surface area contributed by atoms with Gasteiger partial charge in [0.1, 0.15) is 0 Å². The van der Waals surface area contributed by atoms with Crippen LogP contribution in [-0.2, 0) is 20.7 Å². The Morgan fingerprint density at radius 1 is 1.09 bits per heavy atom. The average Bonchev–Trinajstić information content (AvgIpc) is 3.32. The Balaban J connectivity index is 1.55. The summed E-state index contributed by atoms with van der Waals surface area (Å²) in [5, 5.41) is 0. The van der Waals surface area contributed by atoms with E-state index in [-0.39, 0.29) is 23.4 Å². The van der Waals surface area contributed by atoms with Crippen molar-refractivity contribution >= 4 is 23.4 Å². The highest BCUT2D eigenvalue weighted by Gasteiger charge is 2.81. The van der Waals surface area contributed by atoms with Crippen molar-refractivity contribution in [2.45, 2.75) is 24.5 Å². The molecule has 32 heavy (non-hydrogen) atoms. The van der Waals surface area contributed by atoms with Crippen LogP contribution in [0.15, 0.2) is 78.3 Å². The van der Waals surface area contributed by atoms with Crippen LogP contribution in [0.1, 0.15) is 29.0 Å². The van der Waals surface area contributed by atoms with Crippen molar-refractivity contribution in [2.24, 2.45) is 28.2 Å². The van der Waals surface area contributed by atoms with E-state index in [0.717, 1.165) is 17.5 Å². The molecule has 1 heterocycles. The molecule has 0 radical (unpaired) electrons. The van der Waals surface area contributed by atoms with E-state index in [1.807, 2.05) is 60.7 Å². The van der Waals surface area contributed by atoms with E-state index >= 15 is 0 Å². The van der Waals surface area contributed by atoms with Crippen LogP contribution in [-0.4, -0.2) is 30.1 Å². The summed E-state index contributed by atoms with van der Waals surface area (Å²) < 4.78 is 6.04. The van der Waals surface area contributed by atoms with E-state index in [4.69, 9.17) is 9.73 Å². The van der Waals surface area contributed by atoms with Crippen molar-refractivity contribution in [3.05, 3.63) is 90.0 Å². The van der Waals surface area contributed by atoms with Gasteiger partial charge in [0, 0.05) is 13.0 Å². The van der Waals surface area contributed by atoms with Crippen LogP contribution in [0.4, 0.5) is 0 Å². The number of methoxy groups -OCH3 is 1. The Bertz CT molecular complexity index is 1210. The number of hydrogen-bond acceptors (Lipinski definition) is 4. The lowest BCUT2D eigenvalue weighted by molar-refractivity contribution is -0.205. The largest absolute Gasteiger partial charge is 0.350 e. The lowest BCUT2D eigenvalue weighted by Crippen LogP contribution is -2.72. The molecule has 4 bridgehead atoms. The molecule has 6 atom stereocenters. The van der Waals surface area contributed by atoms with Crippen molar-refractivity contribution in [1.29, 1.82) is 0 Å². The first-order valence-corrected chi connectivity index (χ1v) is 11.2. The van der Waals surface area contributed by atoms with Crippen LogP contribution in [0.5, 0.6) is 0 Å². The number of Topliss-reactive ketones (excluding diaryl/α,β-unsaturated/α-hetero) is 2. The molecule has 0 amide bonds. The van der Waals surface area contributed by atoms with Gasteiger partial charge in [0.15, 0.2) is 11.6 Å². The Labute approximate surface area is 187 Å². The number of aliphatic imine (C=N–C) groups is 1. The zero-order valence-corrected chi connectivity index (χ0v) is 18.0. The molecule has 2 aromatic rings. The van der Waals surface area contributed by atoms with Crippen LogP contribution in [0.3, 0.4) is 0 Å². The molecule has 0 N–H and O–H groups in total. The van der Waals surface area contributed by atoms with Crippen molar-refractivity contribution in [2.75, 3.05) is 7.11 Å². The van der Waals surface area contributed by atoms with Gasteiger partial charge in [0.25, 0.3) is 0 Å². The number of ether oxygens (including phenoxy) is 1. The molecule has 3 fully saturated rings. The number of carbonyl (C=O) groups excluding carboxylic acids is 2. The lowest BCUT2D eigenvalue weighted by atomic mass is 9.42. The summed E-state index contributed by atoms with van der Waals surface area (Å²) in [6, 6.07) is 18.2. The molecule has 4 aliphatic carbocycles. The topological polar surface area (TPSA) is 55.7 Å². The summed E-state index contributed by atoms with van der Waals surface area (Å²) in [4.78, 5) is 32.8. The third kappa shape index (κ3) is 2.13. The van der Waals surface area contributed by atoms with E-state index in [9.17, 15) is 9.59 Å². The minimum Gasteiger partial charge on any atom is -0.350 e. The monoisotopic (exact) mass is 423 g/mol. The van der Waals surface area contributed by atoms with Gasteiger partial charge >= 0.3 is 0 Å². The SMILES string of the molecule is C=CC[C@@]12[C@@H]3C(=O)[C@@H](C(=O)[C@@]1(OC)N=C3/C=C/c1ccccc1)[C@H]1c3ccccc3C[C@H]12. The van der Waals surface area contributed by atoms with E-state index in [2.05, 4.69) is 18.7 Å². The molecule has 2 aromatic carbocycles. The van der Waals surface area contributed by atoms with Gasteiger partial charge in [-0.3, -0.25) is 9.59 Å². The summed E-state index contributed by atoms with van der Waals surface area (Å²) >= 11 is 0. The number of fused-ring (bicyclic) bond motifs is 1. The molecule has 1 aliphatic heterocycles. The van der Waals surface area contributed by atoms with Crippen molar-refractivity contribution < 1.29 is 14.3 Å². The number of hydrogen-bond donors (Lipinski definition) is 0. The smallest absolute Gasteiger partial charge is 0.226 e. The second-order valence-corrected chi connectivity index (χ2v) is 9.37. The highest BCUT2D eigenvalue weighted by Crippen LogP contribution is 2.72. The summed E-state index contributed by atoms with van der Waals surface area (Å²) in [7, 11) is 1.56. The lowest BCUT2D eigenvalue weighted by Gasteiger charge is -2.60. The maximum Gasteiger partial charge on any atom is 0.226 e. The second-order valence-electron chi connectivity index (χ2n) is 9.37. The van der Waals surface area contributed by atoms with Crippen LogP contribution in [0.25, 0.3) is 6.08 Å². The Hall–Kier alpha value is -3.11. The summed E-state index contributed by atoms with van der Waals surface area (Å²) in [5.74, 6) is -1.33. The second kappa shape index (κ2) is 6.69. The number of carbonyl (C=O) groups is 2. The van der Waals surface area contributed by atoms with Gasteiger partial charge in [-0.2, -0.15) is 0 Å². The first-order valence-electron chi connectivity index (χ1n) is 11.2. The predicted octanol–water partition coefficient (Wildman–Crippen LogP) is 4.41. The standard InChI is InChI=1S/C28H25NO3/c1-3-15-27-20-16-18-11-7-8-12-19(18)22(20)23-25(30)24(27)21(29-28(27,32-2)26(23)31)14-13-17-9-5-4-6-10-17/h3-14,20,22-24H,1,15-16H2,2H3/b14-13+/t20-,22+,23+,24+,27-,28+/m1/s1. The van der Waals surface area contributed by atoms with E-state index < -0.39 is 23.0 Å². The normalized spacial score (nSPS) is 36.3. The number of nitrogens with zero attached hydrogens (tertiary/aromatic N) is 1. The van der Waals surface area contributed by atoms with Gasteiger partial charge < -0.3 is 4.74 Å². The predicted molar refractivity (Wildman–Crippen MR) is 123 cm³/mol. The minimum absolute atomic E-state index is 0.00330. The van der Waals surface area contributed by atoms with Gasteiger partial charge in [-0.05, 0) is 41.5 Å². The summed E-state index contributed by atoms with van der Waals surface area (Å²) in [6.07, 6.45) is 7.06. The molecular weight excluding hydrogens is 398 g/mol. The first-order chi connectivity index (χ1) is 15.6. The highest BCUT2D eigenvalue weighted by molar-refractivity contribution is 6.26. The zero-order valence-electron chi connectivity index (χ0n) is 18.0. The van der Waals surface area contributed by atoms with Crippen LogP contribution >= 0.6 is 0 Å². The van der Waals surface area contributed by atoms with Crippen LogP contribution in [0.2, 0.25) is 0 Å². The molecule has 5 aliphatic rings. The van der Waals surface area contributed by atoms with Crippen molar-refractivity contribution in [3.63, 3.8) is 0 Å². The molecule has 7 rings (SSSR count). The van der Waals surface area contributed by atoms with Crippen LogP contribution < -0.4 is 0 Å². The Kier molecular flexibility index (Phi) is 4.09. The molecule has 0 saturated heterocycles. The third-order valence-corrected chi connectivity index (χ3v) is 8.27. The fraction of sp³-hybridized carbons (Fsp3) is 0.321. The third-order valence-electron chi connectivity index (χ3n) is 8.27. The number of rotatable bonds is 5. The van der Waals surface area contributed by atoms with Gasteiger partial charge in [0.05, 0.1) is 23.0 Å². The molecule has 4 heteroatoms. The molecule has 4 nitrogen and oxygen atoms in total. The summed E-state index contributed by atoms with van der Waals surface area (Å²) in [5.41, 5.74) is 1.99. The average molecular weight is 424 g/mol. The highest BCUT2D eigenvalue weighted by atomic mass is 16.5. The molecular formula is C28H25NO3. The maximum atomic E-state index is 13.9.